The third-order valence-electron chi connectivity index (χ3n) is 3.79. The number of rotatable bonds is 0. The molecule has 0 bridgehead atoms. The van der Waals surface area contributed by atoms with Gasteiger partial charge in [0.05, 0.1) is 11.0 Å². The summed E-state index contributed by atoms with van der Waals surface area (Å²) in [6.07, 6.45) is 0. The molecule has 0 unspecified atom stereocenters. The first-order valence-corrected chi connectivity index (χ1v) is 6.71. The Morgan fingerprint density at radius 3 is 1.55 bits per heavy atom. The van der Waals surface area contributed by atoms with Gasteiger partial charge in [0, 0.05) is 38.4 Å². The van der Waals surface area contributed by atoms with Crippen molar-refractivity contribution in [3.8, 4) is 23.0 Å². The Labute approximate surface area is 123 Å². The summed E-state index contributed by atoms with van der Waals surface area (Å²) in [4.78, 5) is 0. The third-order valence-corrected chi connectivity index (χ3v) is 3.79. The van der Waals surface area contributed by atoms with Crippen LogP contribution < -0.4 is 9.47 Å². The van der Waals surface area contributed by atoms with E-state index in [2.05, 4.69) is 20.6 Å². The molecule has 3 heterocycles. The Morgan fingerprint density at radius 1 is 0.682 bits per heavy atom. The van der Waals surface area contributed by atoms with Crippen molar-refractivity contribution in [1.82, 2.24) is 30.0 Å². The molecule has 0 spiro atoms. The SMILES string of the molecule is Cn1nnc2cc3c(cc21)Oc1cc2nnn(C)c2cc1O3. The fourth-order valence-electron chi connectivity index (χ4n) is 2.64. The molecule has 8 nitrogen and oxygen atoms in total. The minimum atomic E-state index is 0.620. The molecule has 0 saturated carbocycles. The highest BCUT2D eigenvalue weighted by molar-refractivity contribution is 5.83. The van der Waals surface area contributed by atoms with E-state index in [1.54, 1.807) is 9.36 Å². The van der Waals surface area contributed by atoms with Crippen LogP contribution in [0.3, 0.4) is 0 Å². The number of aryl methyl sites for hydroxylation is 2. The smallest absolute Gasteiger partial charge is 0.172 e. The van der Waals surface area contributed by atoms with E-state index in [0.717, 1.165) is 22.1 Å². The monoisotopic (exact) mass is 294 g/mol. The highest BCUT2D eigenvalue weighted by atomic mass is 16.6. The lowest BCUT2D eigenvalue weighted by Gasteiger charge is -2.20. The second-order valence-electron chi connectivity index (χ2n) is 5.21. The number of hydrogen-bond acceptors (Lipinski definition) is 6. The van der Waals surface area contributed by atoms with Gasteiger partial charge in [-0.25, -0.2) is 9.36 Å². The molecule has 0 atom stereocenters. The lowest BCUT2D eigenvalue weighted by molar-refractivity contribution is 0.361. The molecule has 22 heavy (non-hydrogen) atoms. The molecule has 8 heteroatoms. The molecular weight excluding hydrogens is 284 g/mol. The first kappa shape index (κ1) is 11.5. The first-order chi connectivity index (χ1) is 10.7. The molecule has 2 aromatic heterocycles. The van der Waals surface area contributed by atoms with E-state index in [9.17, 15) is 0 Å². The second-order valence-corrected chi connectivity index (χ2v) is 5.21. The normalized spacial score (nSPS) is 12.8. The molecule has 0 amide bonds. The number of benzene rings is 2. The van der Waals surface area contributed by atoms with Crippen LogP contribution in [0.5, 0.6) is 23.0 Å². The molecule has 4 aromatic rings. The molecule has 5 rings (SSSR count). The van der Waals surface area contributed by atoms with E-state index in [1.807, 2.05) is 38.4 Å². The van der Waals surface area contributed by atoms with Crippen LogP contribution in [-0.2, 0) is 14.1 Å². The summed E-state index contributed by atoms with van der Waals surface area (Å²) >= 11 is 0. The second kappa shape index (κ2) is 3.73. The zero-order valence-electron chi connectivity index (χ0n) is 11.8. The predicted molar refractivity (Wildman–Crippen MR) is 77.2 cm³/mol. The van der Waals surface area contributed by atoms with Crippen LogP contribution in [0.2, 0.25) is 0 Å². The Balaban J connectivity index is 1.72. The van der Waals surface area contributed by atoms with E-state index < -0.39 is 0 Å². The summed E-state index contributed by atoms with van der Waals surface area (Å²) in [5.41, 5.74) is 3.28. The fourth-order valence-corrected chi connectivity index (χ4v) is 2.64. The van der Waals surface area contributed by atoms with Gasteiger partial charge in [-0.2, -0.15) is 0 Å². The van der Waals surface area contributed by atoms with Gasteiger partial charge in [-0.1, -0.05) is 10.4 Å². The summed E-state index contributed by atoms with van der Waals surface area (Å²) in [6.45, 7) is 0. The Bertz CT molecular complexity index is 978. The highest BCUT2D eigenvalue weighted by Gasteiger charge is 2.22. The van der Waals surface area contributed by atoms with Crippen LogP contribution in [0.4, 0.5) is 0 Å². The summed E-state index contributed by atoms with van der Waals surface area (Å²) in [7, 11) is 3.67. The minimum absolute atomic E-state index is 0.620. The topological polar surface area (TPSA) is 79.9 Å². The van der Waals surface area contributed by atoms with Crippen molar-refractivity contribution in [2.75, 3.05) is 0 Å². The van der Waals surface area contributed by atoms with Crippen LogP contribution in [0.1, 0.15) is 0 Å². The van der Waals surface area contributed by atoms with Gasteiger partial charge in [0.25, 0.3) is 0 Å². The molecule has 0 fully saturated rings. The highest BCUT2D eigenvalue weighted by Crippen LogP contribution is 2.47. The lowest BCUT2D eigenvalue weighted by atomic mass is 10.2. The average Bonchev–Trinajstić information content (AvgIpc) is 3.05. The standard InChI is InChI=1S/C14H10N6O2/c1-19-9-5-13-11(3-7(9)15-17-19)22-14-6-10-8(4-12(14)21-13)16-18-20(10)2/h3-6H,1-2H3. The van der Waals surface area contributed by atoms with Crippen molar-refractivity contribution in [3.05, 3.63) is 24.3 Å². The zero-order chi connectivity index (χ0) is 14.8. The molecule has 2 aromatic carbocycles. The van der Waals surface area contributed by atoms with Crippen LogP contribution in [0, 0.1) is 0 Å². The summed E-state index contributed by atoms with van der Waals surface area (Å²) in [5.74, 6) is 2.51. The van der Waals surface area contributed by atoms with E-state index in [-0.39, 0.29) is 0 Å². The van der Waals surface area contributed by atoms with Crippen molar-refractivity contribution in [2.24, 2.45) is 14.1 Å². The number of ether oxygens (including phenoxy) is 2. The molecule has 0 saturated heterocycles. The zero-order valence-corrected chi connectivity index (χ0v) is 11.8. The van der Waals surface area contributed by atoms with E-state index >= 15 is 0 Å². The molecule has 1 aliphatic rings. The van der Waals surface area contributed by atoms with Gasteiger partial charge in [0.15, 0.2) is 23.0 Å². The maximum atomic E-state index is 5.96. The number of nitrogens with zero attached hydrogens (tertiary/aromatic N) is 6. The van der Waals surface area contributed by atoms with Crippen LogP contribution in [0.15, 0.2) is 24.3 Å². The Kier molecular flexibility index (Phi) is 1.95. The molecular formula is C14H10N6O2. The molecule has 0 N–H and O–H groups in total. The molecule has 108 valence electrons. The van der Waals surface area contributed by atoms with Crippen molar-refractivity contribution in [3.63, 3.8) is 0 Å². The third kappa shape index (κ3) is 1.40. The first-order valence-electron chi connectivity index (χ1n) is 6.71. The van der Waals surface area contributed by atoms with Gasteiger partial charge in [0.2, 0.25) is 0 Å². The molecule has 0 radical (unpaired) electrons. The van der Waals surface area contributed by atoms with Crippen molar-refractivity contribution >= 4 is 22.1 Å². The fraction of sp³-hybridized carbons (Fsp3) is 0.143. The maximum absolute atomic E-state index is 5.96. The predicted octanol–water partition coefficient (Wildman–Crippen LogP) is 2.15. The number of aromatic nitrogens is 6. The van der Waals surface area contributed by atoms with Gasteiger partial charge in [-0.05, 0) is 0 Å². The lowest BCUT2D eigenvalue weighted by Crippen LogP contribution is -2.00. The van der Waals surface area contributed by atoms with Gasteiger partial charge in [-0.3, -0.25) is 0 Å². The van der Waals surface area contributed by atoms with Crippen molar-refractivity contribution in [2.45, 2.75) is 0 Å². The Hall–Kier alpha value is -3.16. The van der Waals surface area contributed by atoms with Gasteiger partial charge in [-0.15, -0.1) is 10.2 Å². The van der Waals surface area contributed by atoms with Crippen molar-refractivity contribution < 1.29 is 9.47 Å². The van der Waals surface area contributed by atoms with E-state index in [0.29, 0.717) is 23.0 Å². The quantitative estimate of drug-likeness (QED) is 0.435. The van der Waals surface area contributed by atoms with Gasteiger partial charge >= 0.3 is 0 Å². The largest absolute Gasteiger partial charge is 0.449 e. The van der Waals surface area contributed by atoms with E-state index in [4.69, 9.17) is 9.47 Å². The summed E-state index contributed by atoms with van der Waals surface area (Å²) in [6, 6.07) is 7.39. The van der Waals surface area contributed by atoms with Crippen LogP contribution in [0.25, 0.3) is 22.1 Å². The number of hydrogen-bond donors (Lipinski definition) is 0. The van der Waals surface area contributed by atoms with Crippen LogP contribution >= 0.6 is 0 Å². The molecule has 0 aliphatic carbocycles. The average molecular weight is 294 g/mol. The maximum Gasteiger partial charge on any atom is 0.172 e. The van der Waals surface area contributed by atoms with E-state index in [1.165, 1.54) is 0 Å². The summed E-state index contributed by atoms with van der Waals surface area (Å²) < 4.78 is 15.3. The minimum Gasteiger partial charge on any atom is -0.449 e. The van der Waals surface area contributed by atoms with Gasteiger partial charge in [0.1, 0.15) is 11.0 Å². The number of fused-ring (bicyclic) bond motifs is 4. The molecule has 1 aliphatic heterocycles. The Morgan fingerprint density at radius 2 is 1.09 bits per heavy atom. The van der Waals surface area contributed by atoms with Gasteiger partial charge < -0.3 is 9.47 Å². The van der Waals surface area contributed by atoms with Crippen LogP contribution in [-0.4, -0.2) is 30.0 Å². The van der Waals surface area contributed by atoms with Crippen molar-refractivity contribution in [1.29, 1.82) is 0 Å². The summed E-state index contributed by atoms with van der Waals surface area (Å²) in [5, 5.41) is 16.2.